The van der Waals surface area contributed by atoms with Crippen molar-refractivity contribution >= 4 is 39.1 Å². The fourth-order valence-electron chi connectivity index (χ4n) is 3.67. The summed E-state index contributed by atoms with van der Waals surface area (Å²) in [6.45, 7) is 0.701. The molecule has 0 radical (unpaired) electrons. The molecule has 3 heterocycles. The number of aromatic nitrogens is 2. The number of rotatable bonds is 6. The molecule has 32 heavy (non-hydrogen) atoms. The van der Waals surface area contributed by atoms with Gasteiger partial charge in [0.05, 0.1) is 12.7 Å². The van der Waals surface area contributed by atoms with Crippen LogP contribution in [-0.2, 0) is 27.4 Å². The third-order valence-electron chi connectivity index (χ3n) is 5.40. The molecule has 13 heteroatoms. The number of fused-ring (bicyclic) bond motifs is 1. The molecule has 0 saturated carbocycles. The quantitative estimate of drug-likeness (QED) is 0.666. The highest BCUT2D eigenvalue weighted by molar-refractivity contribution is 7.88. The summed E-state index contributed by atoms with van der Waals surface area (Å²) in [7, 11) is -1.93. The van der Waals surface area contributed by atoms with E-state index in [-0.39, 0.29) is 49.6 Å². The first-order chi connectivity index (χ1) is 14.9. The van der Waals surface area contributed by atoms with Gasteiger partial charge in [0.15, 0.2) is 0 Å². The van der Waals surface area contributed by atoms with Gasteiger partial charge in [0.1, 0.15) is 11.4 Å². The number of halogens is 3. The number of nitrogens with zero attached hydrogens (tertiary/aromatic N) is 4. The van der Waals surface area contributed by atoms with E-state index in [2.05, 4.69) is 20.6 Å². The van der Waals surface area contributed by atoms with Gasteiger partial charge in [-0.2, -0.15) is 18.2 Å². The van der Waals surface area contributed by atoms with Crippen LogP contribution < -0.4 is 15.5 Å². The summed E-state index contributed by atoms with van der Waals surface area (Å²) in [4.78, 5) is 20.9. The summed E-state index contributed by atoms with van der Waals surface area (Å²) in [5, 5.41) is 5.60. The lowest BCUT2D eigenvalue weighted by atomic mass is 9.99. The Bertz CT molecular complexity index is 1170. The molecule has 172 valence electrons. The average Bonchev–Trinajstić information content (AvgIpc) is 3.01. The molecule has 0 spiro atoms. The molecular weight excluding hydrogens is 449 g/mol. The van der Waals surface area contributed by atoms with Gasteiger partial charge in [-0.1, -0.05) is 0 Å². The van der Waals surface area contributed by atoms with Crippen molar-refractivity contribution < 1.29 is 26.4 Å². The van der Waals surface area contributed by atoms with Crippen LogP contribution in [-0.4, -0.2) is 61.5 Å². The van der Waals surface area contributed by atoms with Gasteiger partial charge in [0, 0.05) is 50.2 Å². The van der Waals surface area contributed by atoms with Crippen molar-refractivity contribution in [2.24, 2.45) is 5.92 Å². The second-order valence-electron chi connectivity index (χ2n) is 7.97. The van der Waals surface area contributed by atoms with Crippen LogP contribution >= 0.6 is 0 Å². The molecule has 1 fully saturated rings. The first-order valence-corrected chi connectivity index (χ1v) is 11.6. The SMILES string of the molecule is CN(CC1CN(c2nc(Nc3ccc4c(c3)CC(=O)N4)ncc2C(F)(F)F)C1)S(C)(=O)=O. The molecule has 2 aliphatic heterocycles. The summed E-state index contributed by atoms with van der Waals surface area (Å²) in [6, 6.07) is 5.09. The Kier molecular flexibility index (Phi) is 5.49. The normalized spacial score (nSPS) is 16.7. The van der Waals surface area contributed by atoms with Crippen LogP contribution in [0.1, 0.15) is 11.1 Å². The van der Waals surface area contributed by atoms with Gasteiger partial charge in [-0.05, 0) is 23.8 Å². The summed E-state index contributed by atoms with van der Waals surface area (Å²) in [6.07, 6.45) is -2.60. The number of amides is 1. The van der Waals surface area contributed by atoms with Gasteiger partial charge in [-0.3, -0.25) is 4.79 Å². The smallest absolute Gasteiger partial charge is 0.355 e. The van der Waals surface area contributed by atoms with E-state index in [1.54, 1.807) is 18.2 Å². The second kappa shape index (κ2) is 7.89. The first kappa shape index (κ1) is 22.3. The third-order valence-corrected chi connectivity index (χ3v) is 6.68. The monoisotopic (exact) mass is 470 g/mol. The Morgan fingerprint density at radius 2 is 2.03 bits per heavy atom. The van der Waals surface area contributed by atoms with E-state index < -0.39 is 21.8 Å². The van der Waals surface area contributed by atoms with Gasteiger partial charge >= 0.3 is 6.18 Å². The van der Waals surface area contributed by atoms with Crippen molar-refractivity contribution in [3.05, 3.63) is 35.5 Å². The standard InChI is InChI=1S/C19H21F3N6O3S/c1-27(32(2,30)31)8-11-9-28(10-11)17-14(19(20,21)22)7-23-18(26-17)24-13-3-4-15-12(5-13)6-16(29)25-15/h3-5,7,11H,6,8-10H2,1-2H3,(H,25,29)(H,23,24,26). The van der Waals surface area contributed by atoms with Crippen molar-refractivity contribution in [2.45, 2.75) is 12.6 Å². The van der Waals surface area contributed by atoms with Crippen LogP contribution in [0.15, 0.2) is 24.4 Å². The maximum atomic E-state index is 13.5. The van der Waals surface area contributed by atoms with Crippen LogP contribution in [0, 0.1) is 5.92 Å². The minimum Gasteiger partial charge on any atom is -0.355 e. The molecule has 0 bridgehead atoms. The molecular formula is C19H21F3N6O3S. The predicted molar refractivity (Wildman–Crippen MR) is 112 cm³/mol. The highest BCUT2D eigenvalue weighted by Gasteiger charge is 2.40. The van der Waals surface area contributed by atoms with Crippen LogP contribution in [0.25, 0.3) is 0 Å². The molecule has 4 rings (SSSR count). The van der Waals surface area contributed by atoms with Crippen LogP contribution in [0.4, 0.5) is 36.3 Å². The Balaban J connectivity index is 1.53. The topological polar surface area (TPSA) is 108 Å². The fraction of sp³-hybridized carbons (Fsp3) is 0.421. The molecule has 1 saturated heterocycles. The van der Waals surface area contributed by atoms with Crippen LogP contribution in [0.2, 0.25) is 0 Å². The molecule has 2 N–H and O–H groups in total. The highest BCUT2D eigenvalue weighted by atomic mass is 32.2. The number of sulfonamides is 1. The second-order valence-corrected chi connectivity index (χ2v) is 10.1. The zero-order valence-electron chi connectivity index (χ0n) is 17.3. The van der Waals surface area contributed by atoms with Gasteiger partial charge < -0.3 is 15.5 Å². The highest BCUT2D eigenvalue weighted by Crippen LogP contribution is 2.38. The number of hydrogen-bond donors (Lipinski definition) is 2. The van der Waals surface area contributed by atoms with Gasteiger partial charge in [-0.25, -0.2) is 17.7 Å². The number of benzene rings is 1. The lowest BCUT2D eigenvalue weighted by Gasteiger charge is -2.42. The summed E-state index contributed by atoms with van der Waals surface area (Å²) in [5.74, 6) is -0.504. The molecule has 1 aromatic carbocycles. The number of alkyl halides is 3. The van der Waals surface area contributed by atoms with Crippen LogP contribution in [0.3, 0.4) is 0 Å². The van der Waals surface area contributed by atoms with Crippen molar-refractivity contribution in [3.63, 3.8) is 0 Å². The molecule has 9 nitrogen and oxygen atoms in total. The van der Waals surface area contributed by atoms with E-state index in [0.29, 0.717) is 11.4 Å². The fourth-order valence-corrected chi connectivity index (χ4v) is 4.15. The molecule has 0 unspecified atom stereocenters. The van der Waals surface area contributed by atoms with Crippen LogP contribution in [0.5, 0.6) is 0 Å². The Hall–Kier alpha value is -2.93. The number of nitrogens with one attached hydrogen (secondary N) is 2. The molecule has 0 atom stereocenters. The largest absolute Gasteiger partial charge is 0.421 e. The van der Waals surface area contributed by atoms with E-state index in [4.69, 9.17) is 0 Å². The Morgan fingerprint density at radius 3 is 2.69 bits per heavy atom. The molecule has 2 aliphatic rings. The molecule has 0 aliphatic carbocycles. The lowest BCUT2D eigenvalue weighted by Crippen LogP contribution is -2.52. The maximum Gasteiger partial charge on any atom is 0.421 e. The van der Waals surface area contributed by atoms with E-state index in [1.165, 1.54) is 16.3 Å². The zero-order chi connectivity index (χ0) is 23.3. The van der Waals surface area contributed by atoms with E-state index >= 15 is 0 Å². The summed E-state index contributed by atoms with van der Waals surface area (Å²) < 4.78 is 64.9. The lowest BCUT2D eigenvalue weighted by molar-refractivity contribution is -0.137. The van der Waals surface area contributed by atoms with E-state index in [1.807, 2.05) is 0 Å². The minimum absolute atomic E-state index is 0.0121. The third kappa shape index (κ3) is 4.63. The predicted octanol–water partition coefficient (Wildman–Crippen LogP) is 2.06. The van der Waals surface area contributed by atoms with E-state index in [9.17, 15) is 26.4 Å². The molecule has 2 aromatic rings. The number of carbonyl (C=O) groups is 1. The van der Waals surface area contributed by atoms with Crippen molar-refractivity contribution in [2.75, 3.05) is 48.5 Å². The average molecular weight is 470 g/mol. The van der Waals surface area contributed by atoms with Crippen molar-refractivity contribution in [1.29, 1.82) is 0 Å². The molecule has 1 amide bonds. The van der Waals surface area contributed by atoms with Gasteiger partial charge in [0.2, 0.25) is 21.9 Å². The zero-order valence-corrected chi connectivity index (χ0v) is 18.1. The number of hydrogen-bond acceptors (Lipinski definition) is 7. The number of anilines is 4. The summed E-state index contributed by atoms with van der Waals surface area (Å²) in [5.41, 5.74) is 1.05. The first-order valence-electron chi connectivity index (χ1n) is 9.70. The van der Waals surface area contributed by atoms with Crippen molar-refractivity contribution in [3.8, 4) is 0 Å². The maximum absolute atomic E-state index is 13.5. The van der Waals surface area contributed by atoms with Crippen molar-refractivity contribution in [1.82, 2.24) is 14.3 Å². The minimum atomic E-state index is -4.64. The summed E-state index contributed by atoms with van der Waals surface area (Å²) >= 11 is 0. The Labute approximate surface area is 182 Å². The molecule has 1 aromatic heterocycles. The van der Waals surface area contributed by atoms with Gasteiger partial charge in [0.25, 0.3) is 0 Å². The van der Waals surface area contributed by atoms with E-state index in [0.717, 1.165) is 18.0 Å². The van der Waals surface area contributed by atoms with Gasteiger partial charge in [-0.15, -0.1) is 0 Å². The Morgan fingerprint density at radius 1 is 1.31 bits per heavy atom. The number of carbonyl (C=O) groups excluding carboxylic acids is 1.